The third-order valence-corrected chi connectivity index (χ3v) is 3.63. The second kappa shape index (κ2) is 6.83. The predicted octanol–water partition coefficient (Wildman–Crippen LogP) is 3.32. The van der Waals surface area contributed by atoms with E-state index in [9.17, 15) is 9.90 Å². The minimum atomic E-state index is -0.356. The number of rotatable bonds is 4. The van der Waals surface area contributed by atoms with Crippen molar-refractivity contribution >= 4 is 22.9 Å². The number of methoxy groups -OCH3 is 1. The van der Waals surface area contributed by atoms with Crippen LogP contribution in [-0.2, 0) is 0 Å². The van der Waals surface area contributed by atoms with E-state index in [0.29, 0.717) is 16.9 Å². The van der Waals surface area contributed by atoms with Crippen LogP contribution in [0.1, 0.15) is 15.9 Å². The molecule has 3 aromatic rings. The van der Waals surface area contributed by atoms with Gasteiger partial charge in [-0.15, -0.1) is 0 Å². The largest absolute Gasteiger partial charge is 0.507 e. The number of fused-ring (bicyclic) bond motifs is 1. The number of nitrogens with one attached hydrogen (secondary N) is 1. The molecule has 1 amide bonds. The molecule has 0 saturated heterocycles. The lowest BCUT2D eigenvalue weighted by atomic mass is 10.1. The summed E-state index contributed by atoms with van der Waals surface area (Å²) < 4.78 is 5.08. The number of aromatic hydroxyl groups is 1. The number of benzene rings is 3. The number of hydrogen-bond donors (Lipinski definition) is 2. The predicted molar refractivity (Wildman–Crippen MR) is 93.7 cm³/mol. The van der Waals surface area contributed by atoms with Gasteiger partial charge in [-0.05, 0) is 29.7 Å². The van der Waals surface area contributed by atoms with Crippen LogP contribution in [-0.4, -0.2) is 24.3 Å². The van der Waals surface area contributed by atoms with Crippen molar-refractivity contribution in [1.82, 2.24) is 5.43 Å². The number of phenols is 1. The molecule has 0 fully saturated rings. The van der Waals surface area contributed by atoms with E-state index in [1.54, 1.807) is 30.3 Å². The van der Waals surface area contributed by atoms with E-state index in [2.05, 4.69) is 10.5 Å². The Morgan fingerprint density at radius 3 is 2.79 bits per heavy atom. The van der Waals surface area contributed by atoms with Gasteiger partial charge in [0.15, 0.2) is 0 Å². The number of phenolic OH excluding ortho intramolecular Hbond substituents is 1. The molecule has 0 spiro atoms. The van der Waals surface area contributed by atoms with Crippen LogP contribution >= 0.6 is 0 Å². The number of ether oxygens (including phenoxy) is 1. The Morgan fingerprint density at radius 2 is 1.96 bits per heavy atom. The minimum absolute atomic E-state index is 0.132. The second-order valence-corrected chi connectivity index (χ2v) is 5.16. The van der Waals surface area contributed by atoms with Gasteiger partial charge in [0, 0.05) is 16.5 Å². The van der Waals surface area contributed by atoms with Gasteiger partial charge in [0.2, 0.25) is 0 Å². The van der Waals surface area contributed by atoms with Crippen LogP contribution in [0.25, 0.3) is 10.8 Å². The van der Waals surface area contributed by atoms with Crippen molar-refractivity contribution in [3.8, 4) is 11.5 Å². The lowest BCUT2D eigenvalue weighted by Crippen LogP contribution is -2.17. The molecule has 3 rings (SSSR count). The minimum Gasteiger partial charge on any atom is -0.507 e. The molecule has 0 aliphatic heterocycles. The van der Waals surface area contributed by atoms with Gasteiger partial charge in [-0.3, -0.25) is 4.79 Å². The number of nitrogens with zero attached hydrogens (tertiary/aromatic N) is 1. The van der Waals surface area contributed by atoms with Gasteiger partial charge >= 0.3 is 0 Å². The number of amides is 1. The number of hydrazone groups is 1. The standard InChI is InChI=1S/C19H16N2O3/c1-24-16-7-4-6-14(11-16)19(23)21-20-12-15-10-9-13-5-2-3-8-17(13)18(15)22/h2-12,22H,1H3,(H,21,23)/b20-12+. The molecular formula is C19H16N2O3. The van der Waals surface area contributed by atoms with Crippen molar-refractivity contribution in [1.29, 1.82) is 0 Å². The summed E-state index contributed by atoms with van der Waals surface area (Å²) in [5.74, 6) is 0.372. The molecule has 0 atom stereocenters. The number of carbonyl (C=O) groups is 1. The summed E-state index contributed by atoms with van der Waals surface area (Å²) in [4.78, 5) is 12.1. The monoisotopic (exact) mass is 320 g/mol. The highest BCUT2D eigenvalue weighted by atomic mass is 16.5. The van der Waals surface area contributed by atoms with E-state index in [4.69, 9.17) is 4.74 Å². The maximum absolute atomic E-state index is 12.1. The van der Waals surface area contributed by atoms with E-state index in [1.165, 1.54) is 13.3 Å². The highest BCUT2D eigenvalue weighted by Crippen LogP contribution is 2.27. The fraction of sp³-hybridized carbons (Fsp3) is 0.0526. The second-order valence-electron chi connectivity index (χ2n) is 5.16. The van der Waals surface area contributed by atoms with E-state index in [0.717, 1.165) is 10.8 Å². The first-order valence-electron chi connectivity index (χ1n) is 7.37. The Kier molecular flexibility index (Phi) is 4.43. The van der Waals surface area contributed by atoms with Gasteiger partial charge < -0.3 is 9.84 Å². The van der Waals surface area contributed by atoms with E-state index >= 15 is 0 Å². The van der Waals surface area contributed by atoms with Crippen molar-refractivity contribution in [2.75, 3.05) is 7.11 Å². The third kappa shape index (κ3) is 3.20. The fourth-order valence-corrected chi connectivity index (χ4v) is 2.37. The molecular weight excluding hydrogens is 304 g/mol. The average molecular weight is 320 g/mol. The maximum atomic E-state index is 12.1. The molecule has 0 aromatic heterocycles. The summed E-state index contributed by atoms with van der Waals surface area (Å²) in [5, 5.41) is 15.9. The van der Waals surface area contributed by atoms with Gasteiger partial charge in [-0.1, -0.05) is 36.4 Å². The smallest absolute Gasteiger partial charge is 0.271 e. The summed E-state index contributed by atoms with van der Waals surface area (Å²) in [6, 6.07) is 17.9. The zero-order chi connectivity index (χ0) is 16.9. The molecule has 0 aliphatic rings. The van der Waals surface area contributed by atoms with Gasteiger partial charge in [-0.2, -0.15) is 5.10 Å². The van der Waals surface area contributed by atoms with E-state index < -0.39 is 0 Å². The van der Waals surface area contributed by atoms with Crippen molar-refractivity contribution in [2.45, 2.75) is 0 Å². The SMILES string of the molecule is COc1cccc(C(=O)N/N=C/c2ccc3ccccc3c2O)c1. The summed E-state index contributed by atoms with van der Waals surface area (Å²) in [5.41, 5.74) is 3.40. The molecule has 5 nitrogen and oxygen atoms in total. The summed E-state index contributed by atoms with van der Waals surface area (Å²) in [6.45, 7) is 0. The zero-order valence-corrected chi connectivity index (χ0v) is 13.1. The third-order valence-electron chi connectivity index (χ3n) is 3.63. The molecule has 3 aromatic carbocycles. The van der Waals surface area contributed by atoms with Crippen LogP contribution in [0.5, 0.6) is 11.5 Å². The molecule has 0 radical (unpaired) electrons. The molecule has 0 heterocycles. The lowest BCUT2D eigenvalue weighted by molar-refractivity contribution is 0.0954. The molecule has 5 heteroatoms. The summed E-state index contributed by atoms with van der Waals surface area (Å²) >= 11 is 0. The lowest BCUT2D eigenvalue weighted by Gasteiger charge is -2.05. The Hall–Kier alpha value is -3.34. The Labute approximate surface area is 139 Å². The Morgan fingerprint density at radius 1 is 1.12 bits per heavy atom. The van der Waals surface area contributed by atoms with Crippen LogP contribution in [0.4, 0.5) is 0 Å². The van der Waals surface area contributed by atoms with E-state index in [-0.39, 0.29) is 11.7 Å². The van der Waals surface area contributed by atoms with Crippen molar-refractivity contribution in [3.63, 3.8) is 0 Å². The number of hydrogen-bond acceptors (Lipinski definition) is 4. The summed E-state index contributed by atoms with van der Waals surface area (Å²) in [7, 11) is 1.54. The maximum Gasteiger partial charge on any atom is 0.271 e. The average Bonchev–Trinajstić information content (AvgIpc) is 2.63. The van der Waals surface area contributed by atoms with Crippen LogP contribution in [0.2, 0.25) is 0 Å². The molecule has 0 bridgehead atoms. The topological polar surface area (TPSA) is 70.9 Å². The van der Waals surface area contributed by atoms with E-state index in [1.807, 2.05) is 30.3 Å². The molecule has 120 valence electrons. The van der Waals surface area contributed by atoms with Crippen LogP contribution in [0.3, 0.4) is 0 Å². The Bertz CT molecular complexity index is 919. The molecule has 0 saturated carbocycles. The summed E-state index contributed by atoms with van der Waals surface area (Å²) in [6.07, 6.45) is 1.42. The highest BCUT2D eigenvalue weighted by molar-refractivity contribution is 5.98. The van der Waals surface area contributed by atoms with Crippen molar-refractivity contribution < 1.29 is 14.6 Å². The zero-order valence-electron chi connectivity index (χ0n) is 13.1. The van der Waals surface area contributed by atoms with Gasteiger partial charge in [-0.25, -0.2) is 5.43 Å². The van der Waals surface area contributed by atoms with Gasteiger partial charge in [0.25, 0.3) is 5.91 Å². The van der Waals surface area contributed by atoms with Gasteiger partial charge in [0.1, 0.15) is 11.5 Å². The van der Waals surface area contributed by atoms with Crippen molar-refractivity contribution in [2.24, 2.45) is 5.10 Å². The first-order valence-corrected chi connectivity index (χ1v) is 7.37. The Balaban J connectivity index is 1.76. The molecule has 2 N–H and O–H groups in total. The molecule has 0 unspecified atom stereocenters. The van der Waals surface area contributed by atoms with Crippen LogP contribution in [0.15, 0.2) is 65.8 Å². The first-order chi connectivity index (χ1) is 11.7. The quantitative estimate of drug-likeness (QED) is 0.572. The van der Waals surface area contributed by atoms with Crippen LogP contribution in [0, 0.1) is 0 Å². The molecule has 24 heavy (non-hydrogen) atoms. The first kappa shape index (κ1) is 15.6. The molecule has 0 aliphatic carbocycles. The normalized spacial score (nSPS) is 10.9. The fourth-order valence-electron chi connectivity index (χ4n) is 2.37. The van der Waals surface area contributed by atoms with Crippen LogP contribution < -0.4 is 10.2 Å². The highest BCUT2D eigenvalue weighted by Gasteiger charge is 2.06. The number of carbonyl (C=O) groups excluding carboxylic acids is 1. The van der Waals surface area contributed by atoms with Gasteiger partial charge in [0.05, 0.1) is 13.3 Å². The van der Waals surface area contributed by atoms with Crippen molar-refractivity contribution in [3.05, 3.63) is 71.8 Å².